The zero-order valence-electron chi connectivity index (χ0n) is 11.5. The van der Waals surface area contributed by atoms with Gasteiger partial charge in [0.25, 0.3) is 0 Å². The quantitative estimate of drug-likeness (QED) is 0.807. The van der Waals surface area contributed by atoms with Crippen LogP contribution in [0.15, 0.2) is 0 Å². The summed E-state index contributed by atoms with van der Waals surface area (Å²) in [5.74, 6) is -0.925. The van der Waals surface area contributed by atoms with Crippen LogP contribution in [0.3, 0.4) is 0 Å². The van der Waals surface area contributed by atoms with Crippen molar-refractivity contribution in [2.24, 2.45) is 0 Å². The van der Waals surface area contributed by atoms with Crippen molar-refractivity contribution in [3.05, 3.63) is 0 Å². The summed E-state index contributed by atoms with van der Waals surface area (Å²) < 4.78 is 5.16. The van der Waals surface area contributed by atoms with Crippen LogP contribution in [0.25, 0.3) is 0 Å². The second kappa shape index (κ2) is 5.36. The fourth-order valence-electron chi connectivity index (χ4n) is 2.80. The highest BCUT2D eigenvalue weighted by Gasteiger charge is 2.45. The van der Waals surface area contributed by atoms with Crippen LogP contribution in [-0.2, 0) is 9.53 Å². The van der Waals surface area contributed by atoms with Crippen LogP contribution >= 0.6 is 0 Å². The molecule has 1 aliphatic carbocycles. The Bertz CT molecular complexity index is 368. The number of likely N-dealkylation sites (tertiary alicyclic amines) is 1. The Kier molecular flexibility index (Phi) is 3.99. The number of rotatable bonds is 3. The first-order valence-corrected chi connectivity index (χ1v) is 6.81. The third-order valence-electron chi connectivity index (χ3n) is 4.35. The average Bonchev–Trinajstić information content (AvgIpc) is 2.33. The molecule has 0 aromatic heterocycles. The molecule has 1 saturated heterocycles. The highest BCUT2D eigenvalue weighted by atomic mass is 16.5. The van der Waals surface area contributed by atoms with Gasteiger partial charge in [0, 0.05) is 19.7 Å². The van der Waals surface area contributed by atoms with Gasteiger partial charge in [-0.05, 0) is 39.0 Å². The summed E-state index contributed by atoms with van der Waals surface area (Å²) in [6.07, 6.45) is 4.06. The minimum Gasteiger partial charge on any atom is -0.480 e. The standard InChI is InChI=1S/C13H22N2O4/c1-13(11(16)17)5-3-4-6-15(13)12(18)14-9-7-10(8-9)19-2/h9-10H,3-8H2,1-2H3,(H,14,18)(H,16,17). The molecule has 2 rings (SSSR count). The molecule has 0 spiro atoms. The number of nitrogens with one attached hydrogen (secondary N) is 1. The number of ether oxygens (including phenoxy) is 1. The van der Waals surface area contributed by atoms with Crippen molar-refractivity contribution in [1.29, 1.82) is 0 Å². The van der Waals surface area contributed by atoms with Gasteiger partial charge >= 0.3 is 12.0 Å². The topological polar surface area (TPSA) is 78.9 Å². The van der Waals surface area contributed by atoms with E-state index in [-0.39, 0.29) is 18.2 Å². The number of nitrogens with zero attached hydrogens (tertiary/aromatic N) is 1. The molecule has 1 heterocycles. The molecule has 2 amide bonds. The number of amides is 2. The SMILES string of the molecule is COC1CC(NC(=O)N2CCCCC2(C)C(=O)O)C1. The molecule has 6 heteroatoms. The summed E-state index contributed by atoms with van der Waals surface area (Å²) in [5.41, 5.74) is -1.08. The molecule has 0 aromatic rings. The van der Waals surface area contributed by atoms with E-state index < -0.39 is 11.5 Å². The molecule has 1 aliphatic heterocycles. The normalized spacial score (nSPS) is 34.5. The Balaban J connectivity index is 1.95. The molecule has 0 radical (unpaired) electrons. The summed E-state index contributed by atoms with van der Waals surface area (Å²) in [4.78, 5) is 25.1. The monoisotopic (exact) mass is 270 g/mol. The summed E-state index contributed by atoms with van der Waals surface area (Å²) in [5, 5.41) is 12.3. The van der Waals surface area contributed by atoms with Crippen molar-refractivity contribution < 1.29 is 19.4 Å². The van der Waals surface area contributed by atoms with Gasteiger partial charge < -0.3 is 20.1 Å². The zero-order chi connectivity index (χ0) is 14.0. The third kappa shape index (κ3) is 2.68. The van der Waals surface area contributed by atoms with Crippen molar-refractivity contribution in [2.75, 3.05) is 13.7 Å². The first kappa shape index (κ1) is 14.1. The lowest BCUT2D eigenvalue weighted by atomic mass is 9.87. The minimum atomic E-state index is -1.08. The predicted octanol–water partition coefficient (Wildman–Crippen LogP) is 1.20. The Morgan fingerprint density at radius 2 is 2.05 bits per heavy atom. The van der Waals surface area contributed by atoms with Gasteiger partial charge in [0.05, 0.1) is 6.10 Å². The molecule has 19 heavy (non-hydrogen) atoms. The molecule has 0 bridgehead atoms. The summed E-state index contributed by atoms with van der Waals surface area (Å²) in [6.45, 7) is 2.14. The molecule has 2 fully saturated rings. The number of carboxylic acids is 1. The molecule has 1 saturated carbocycles. The number of hydrogen-bond donors (Lipinski definition) is 2. The molecular weight excluding hydrogens is 248 g/mol. The predicted molar refractivity (Wildman–Crippen MR) is 68.9 cm³/mol. The maximum absolute atomic E-state index is 12.2. The number of carboxylic acid groups (broad SMARTS) is 1. The van der Waals surface area contributed by atoms with E-state index in [0.29, 0.717) is 13.0 Å². The van der Waals surface area contributed by atoms with Crippen LogP contribution in [0.1, 0.15) is 39.0 Å². The van der Waals surface area contributed by atoms with Gasteiger partial charge in [-0.3, -0.25) is 0 Å². The van der Waals surface area contributed by atoms with Crippen LogP contribution in [0, 0.1) is 0 Å². The van der Waals surface area contributed by atoms with E-state index in [1.807, 2.05) is 0 Å². The Hall–Kier alpha value is -1.30. The molecule has 108 valence electrons. The van der Waals surface area contributed by atoms with Crippen molar-refractivity contribution in [3.8, 4) is 0 Å². The van der Waals surface area contributed by atoms with Crippen molar-refractivity contribution in [3.63, 3.8) is 0 Å². The van der Waals surface area contributed by atoms with Gasteiger partial charge in [0.1, 0.15) is 5.54 Å². The summed E-state index contributed by atoms with van der Waals surface area (Å²) in [7, 11) is 1.66. The second-order valence-electron chi connectivity index (χ2n) is 5.66. The molecular formula is C13H22N2O4. The van der Waals surface area contributed by atoms with E-state index in [4.69, 9.17) is 4.74 Å². The molecule has 6 nitrogen and oxygen atoms in total. The number of urea groups is 1. The van der Waals surface area contributed by atoms with Crippen LogP contribution in [0.5, 0.6) is 0 Å². The van der Waals surface area contributed by atoms with Crippen LogP contribution in [0.2, 0.25) is 0 Å². The third-order valence-corrected chi connectivity index (χ3v) is 4.35. The second-order valence-corrected chi connectivity index (χ2v) is 5.66. The lowest BCUT2D eigenvalue weighted by Crippen LogP contribution is -2.62. The smallest absolute Gasteiger partial charge is 0.329 e. The van der Waals surface area contributed by atoms with Crippen LogP contribution < -0.4 is 5.32 Å². The number of carbonyl (C=O) groups is 2. The van der Waals surface area contributed by atoms with E-state index in [9.17, 15) is 14.7 Å². The van der Waals surface area contributed by atoms with Gasteiger partial charge in [-0.1, -0.05) is 0 Å². The molecule has 0 aromatic carbocycles. The van der Waals surface area contributed by atoms with E-state index >= 15 is 0 Å². The highest BCUT2D eigenvalue weighted by molar-refractivity contribution is 5.86. The average molecular weight is 270 g/mol. The molecule has 1 unspecified atom stereocenters. The number of hydrogen-bond acceptors (Lipinski definition) is 3. The maximum atomic E-state index is 12.2. The number of piperidine rings is 1. The molecule has 1 atom stereocenters. The lowest BCUT2D eigenvalue weighted by molar-refractivity contribution is -0.150. The van der Waals surface area contributed by atoms with Crippen LogP contribution in [0.4, 0.5) is 4.79 Å². The maximum Gasteiger partial charge on any atom is 0.329 e. The zero-order valence-corrected chi connectivity index (χ0v) is 11.5. The highest BCUT2D eigenvalue weighted by Crippen LogP contribution is 2.29. The van der Waals surface area contributed by atoms with Gasteiger partial charge in [-0.2, -0.15) is 0 Å². The lowest BCUT2D eigenvalue weighted by Gasteiger charge is -2.43. The summed E-state index contributed by atoms with van der Waals surface area (Å²) in [6, 6.07) is -0.151. The molecule has 2 aliphatic rings. The van der Waals surface area contributed by atoms with Crippen molar-refractivity contribution in [1.82, 2.24) is 10.2 Å². The molecule has 2 N–H and O–H groups in total. The van der Waals surface area contributed by atoms with Gasteiger partial charge in [-0.15, -0.1) is 0 Å². The van der Waals surface area contributed by atoms with E-state index in [1.54, 1.807) is 14.0 Å². The van der Waals surface area contributed by atoms with Crippen LogP contribution in [-0.4, -0.2) is 53.3 Å². The van der Waals surface area contributed by atoms with E-state index in [0.717, 1.165) is 25.7 Å². The largest absolute Gasteiger partial charge is 0.480 e. The first-order chi connectivity index (χ1) is 8.97. The van der Waals surface area contributed by atoms with Gasteiger partial charge in [-0.25, -0.2) is 9.59 Å². The first-order valence-electron chi connectivity index (χ1n) is 6.81. The number of carbonyl (C=O) groups excluding carboxylic acids is 1. The fraction of sp³-hybridized carbons (Fsp3) is 0.846. The number of aliphatic carboxylic acids is 1. The Morgan fingerprint density at radius 1 is 1.37 bits per heavy atom. The fourth-order valence-corrected chi connectivity index (χ4v) is 2.80. The Morgan fingerprint density at radius 3 is 2.63 bits per heavy atom. The summed E-state index contributed by atoms with van der Waals surface area (Å²) >= 11 is 0. The number of methoxy groups -OCH3 is 1. The minimum absolute atomic E-state index is 0.109. The Labute approximate surface area is 113 Å². The van der Waals surface area contributed by atoms with Crippen molar-refractivity contribution in [2.45, 2.75) is 56.7 Å². The van der Waals surface area contributed by atoms with Crippen molar-refractivity contribution >= 4 is 12.0 Å². The van der Waals surface area contributed by atoms with E-state index in [1.165, 1.54) is 4.90 Å². The van der Waals surface area contributed by atoms with E-state index in [2.05, 4.69) is 5.32 Å². The van der Waals surface area contributed by atoms with Gasteiger partial charge in [0.15, 0.2) is 0 Å². The van der Waals surface area contributed by atoms with Gasteiger partial charge in [0.2, 0.25) is 0 Å².